The summed E-state index contributed by atoms with van der Waals surface area (Å²) >= 11 is 34.7. The van der Waals surface area contributed by atoms with Crippen LogP contribution in [0.1, 0.15) is 202 Å². The maximum absolute atomic E-state index is 13.8. The molecule has 48 heteroatoms. The molecule has 6 N–H and O–H groups in total. The van der Waals surface area contributed by atoms with E-state index in [0.717, 1.165) is 42.5 Å². The third kappa shape index (κ3) is 33.8. The SMILES string of the molecule is [2H]C1=C(C(=O)OCC)[C@H](S(=O)(=O)N([2H])c2ccc(F)cc2Cl)C([2H])([2H])C([2H])([2H])C1.[2H]C1=C(C(=O)OCC)[C@H](S(=O)(=O)N([2H])c2ccc(F)cc2Cl)C([2H])([2H])C([2H])([2H])C1([2H])[2H].[2H]C1=C(C(=O)OCC)[C@]([2H])(S(=O)(=O)N([2H])c2ccc(F)cc2Cl)C([2H])([2H])C([2H])([2H])C1.[2H]C1=C(C(=O)OCC)[C@]([2H])(S(=O)(=O)N([2H])c2ccc(F)cc2Cl)C([2H])([2H])C([2H])([2H])C1([2H])[2H].[2H]c1c([2H])c(N([2H])S(=O)(=O)[C@@H]2CCCC=C2C(=O)OCC)c(Cl)c([2H])c1F.[2H]c1c([2H])c(N([2H])S(=O)(=O)[C@]2([2H])CCCC=C2C(=O)OCC)c(Cl)c([2H])c1F. The van der Waals surface area contributed by atoms with Gasteiger partial charge >= 0.3 is 35.8 Å². The topological polar surface area (TPSA) is 435 Å². The number of allylic oxidation sites excluding steroid dienone is 6. The highest BCUT2D eigenvalue weighted by Gasteiger charge is 2.42. The van der Waals surface area contributed by atoms with Crippen LogP contribution in [-0.2, 0) is 117 Å². The molecule has 0 spiro atoms. The normalized spacial score (nSPS) is 27.8. The van der Waals surface area contributed by atoms with Gasteiger partial charge in [0.05, 0.1) is 155 Å². The van der Waals surface area contributed by atoms with E-state index >= 15 is 0 Å². The maximum Gasteiger partial charge on any atom is 0.335 e. The first-order chi connectivity index (χ1) is 80.5. The highest BCUT2D eigenvalue weighted by molar-refractivity contribution is 7.95. The van der Waals surface area contributed by atoms with Gasteiger partial charge in [-0.25, -0.2) is 106 Å². The van der Waals surface area contributed by atoms with Crippen molar-refractivity contribution in [3.63, 3.8) is 0 Å². The monoisotopic (exact) mass is 2210 g/mol. The van der Waals surface area contributed by atoms with Gasteiger partial charge in [0, 0.05) is 27.4 Å². The Bertz CT molecular complexity index is 8420. The highest BCUT2D eigenvalue weighted by Crippen LogP contribution is 2.39. The lowest BCUT2D eigenvalue weighted by Gasteiger charge is -2.24. The van der Waals surface area contributed by atoms with Gasteiger partial charge in [-0.2, -0.15) is 0 Å². The molecule has 756 valence electrons. The summed E-state index contributed by atoms with van der Waals surface area (Å²) < 4.78 is 576. The number of benzene rings is 6. The van der Waals surface area contributed by atoms with Crippen molar-refractivity contribution >= 4 is 200 Å². The number of hydrogen-bond acceptors (Lipinski definition) is 24. The average molecular weight is 2210 g/mol. The van der Waals surface area contributed by atoms with Crippen LogP contribution in [0, 0.1) is 34.9 Å². The summed E-state index contributed by atoms with van der Waals surface area (Å²) in [5.74, 6) is -14.2. The number of carbonyl (C=O) groups is 6. The van der Waals surface area contributed by atoms with E-state index in [9.17, 15) is 106 Å². The van der Waals surface area contributed by atoms with Crippen LogP contribution in [0.5, 0.6) is 0 Å². The molecule has 0 fully saturated rings. The van der Waals surface area contributed by atoms with Gasteiger partial charge in [0.1, 0.15) is 66.3 Å². The summed E-state index contributed by atoms with van der Waals surface area (Å²) in [7, 11) is -31.6. The van der Waals surface area contributed by atoms with E-state index in [1.807, 2.05) is 0 Å². The Morgan fingerprint density at radius 3 is 1.01 bits per heavy atom. The molecule has 0 bridgehead atoms. The summed E-state index contributed by atoms with van der Waals surface area (Å²) in [4.78, 5) is 74.0. The molecular formula is C90H102Cl6F6N6O24S6. The first-order valence-electron chi connectivity index (χ1n) is 58.3. The number of carbonyl (C=O) groups excluding carboxylic acids is 6. The van der Waals surface area contributed by atoms with Crippen molar-refractivity contribution < 1.29 is 188 Å². The number of sulfonamides is 6. The molecule has 6 atom stereocenters. The third-order valence-corrected chi connectivity index (χ3v) is 27.0. The van der Waals surface area contributed by atoms with Gasteiger partial charge in [-0.15, -0.1) is 0 Å². The van der Waals surface area contributed by atoms with Crippen molar-refractivity contribution in [3.05, 3.63) is 244 Å². The Hall–Kier alpha value is -9.60. The molecule has 0 saturated heterocycles. The van der Waals surface area contributed by atoms with Gasteiger partial charge in [0.15, 0.2) is 8.47 Å². The molecule has 6 aromatic rings. The molecule has 0 amide bonds. The van der Waals surface area contributed by atoms with Crippen LogP contribution >= 0.6 is 69.6 Å². The van der Waals surface area contributed by atoms with Crippen LogP contribution in [0.4, 0.5) is 60.5 Å². The first-order valence-corrected chi connectivity index (χ1v) is 50.3. The number of ether oxygens (including phenoxy) is 6. The fraction of sp³-hybridized carbons (Fsp3) is 0.400. The molecule has 0 aromatic heterocycles. The standard InChI is InChI=1S/6C15H17ClFNO4S/c6*1-2-22-15(19)11-5-3-4-6-14(11)23(20,21)18-13-8-7-10(17)9-12(13)16/h6*5,7-9,14,18H,2-4,6H2,1H3/t6*14-/m111111/s1/i3D2,4D2,5D,6D2,14D;7D,8D,9D,14D;4D2,5D,6D2,14D;3D2,4D2,5D,6D2;7D,8D,9D;4D2,5D,6D2/hD6. The van der Waals surface area contributed by atoms with Crippen molar-refractivity contribution in [3.8, 4) is 0 Å². The van der Waals surface area contributed by atoms with Gasteiger partial charge < -0.3 is 28.4 Å². The number of nitrogens with one attached hydrogen (secondary N) is 6. The minimum atomic E-state index is -5.82. The average Bonchev–Trinajstić information content (AvgIpc) is 0.657. The Morgan fingerprint density at radius 1 is 0.333 bits per heavy atom. The van der Waals surface area contributed by atoms with Gasteiger partial charge in [-0.3, -0.25) is 28.3 Å². The molecule has 0 aliphatic heterocycles. The van der Waals surface area contributed by atoms with Gasteiger partial charge in [0.25, 0.3) is 0 Å². The quantitative estimate of drug-likeness (QED) is 0.0139. The van der Waals surface area contributed by atoms with E-state index in [0.29, 0.717) is 49.6 Å². The van der Waals surface area contributed by atoms with Gasteiger partial charge in [0.2, 0.25) is 60.1 Å². The third-order valence-electron chi connectivity index (χ3n) is 16.8. The lowest BCUT2D eigenvalue weighted by molar-refractivity contribution is -0.139. The molecule has 0 heterocycles. The van der Waals surface area contributed by atoms with Crippen molar-refractivity contribution in [2.24, 2.45) is 0 Å². The zero-order valence-corrected chi connectivity index (χ0v) is 81.1. The van der Waals surface area contributed by atoms with Crippen LogP contribution in [0.15, 0.2) is 179 Å². The summed E-state index contributed by atoms with van der Waals surface area (Å²) in [5, 5.41) is -21.2. The zero-order valence-electron chi connectivity index (χ0n) is 111. The largest absolute Gasteiger partial charge is 0.463 e. The predicted octanol–water partition coefficient (Wildman–Crippen LogP) is 19.6. The second-order valence-corrected chi connectivity index (χ2v) is 38.5. The molecule has 0 unspecified atom stereocenters. The van der Waals surface area contributed by atoms with Crippen LogP contribution in [0.2, 0.25) is 38.6 Å². The zero-order chi connectivity index (χ0) is 137. The molecule has 30 nitrogen and oxygen atoms in total. The molecule has 138 heavy (non-hydrogen) atoms. The number of hydrogen-bond donors (Lipinski definition) is 6. The number of anilines is 6. The van der Waals surface area contributed by atoms with Crippen LogP contribution < -0.4 is 28.3 Å². The fourth-order valence-corrected chi connectivity index (χ4v) is 19.9. The second-order valence-electron chi connectivity index (χ2n) is 26.3. The van der Waals surface area contributed by atoms with Crippen molar-refractivity contribution in [2.75, 3.05) is 67.9 Å². The van der Waals surface area contributed by atoms with E-state index in [1.54, 1.807) is 6.92 Å². The molecule has 0 radical (unpaired) electrons. The summed E-state index contributed by atoms with van der Waals surface area (Å²) in [6.45, 7) is 7.16. The van der Waals surface area contributed by atoms with E-state index in [1.165, 1.54) is 46.8 Å². The van der Waals surface area contributed by atoms with E-state index in [-0.39, 0.29) is 81.4 Å². The molecular weight excluding hydrogens is 2070 g/mol. The summed E-state index contributed by atoms with van der Waals surface area (Å²) in [5.41, 5.74) is -10.0. The number of rotatable bonds is 30. The van der Waals surface area contributed by atoms with Crippen LogP contribution in [0.3, 0.4) is 0 Å². The van der Waals surface area contributed by atoms with Crippen LogP contribution in [0.25, 0.3) is 0 Å². The number of esters is 6. The number of halogens is 12. The smallest absolute Gasteiger partial charge is 0.335 e. The van der Waals surface area contributed by atoms with Crippen molar-refractivity contribution in [1.82, 2.24) is 0 Å². The molecule has 6 aromatic carbocycles. The minimum Gasteiger partial charge on any atom is -0.463 e. The van der Waals surface area contributed by atoms with Gasteiger partial charge in [-0.1, -0.05) is 106 Å². The summed E-state index contributed by atoms with van der Waals surface area (Å²) in [6, 6.07) is -1.98. The molecule has 6 aliphatic rings. The van der Waals surface area contributed by atoms with E-state index in [2.05, 4.69) is 14.2 Å². The predicted molar refractivity (Wildman–Crippen MR) is 518 cm³/mol. The summed E-state index contributed by atoms with van der Waals surface area (Å²) in [6.07, 6.45) is -32.8. The Labute approximate surface area is 883 Å². The Balaban J connectivity index is 0.000000284. The fourth-order valence-electron chi connectivity index (χ4n) is 11.0. The van der Waals surface area contributed by atoms with E-state index < -0.39 is 403 Å². The Morgan fingerprint density at radius 2 is 0.616 bits per heavy atom. The highest BCUT2D eigenvalue weighted by atomic mass is 35.5. The van der Waals surface area contributed by atoms with Crippen LogP contribution in [-0.4, -0.2) is 157 Å². The second kappa shape index (κ2) is 53.9. The maximum atomic E-state index is 13.8. The first kappa shape index (κ1) is 69.3. The van der Waals surface area contributed by atoms with E-state index in [4.69, 9.17) is 138 Å². The molecule has 0 saturated carbocycles. The lowest BCUT2D eigenvalue weighted by atomic mass is 9.99. The van der Waals surface area contributed by atoms with Crippen molar-refractivity contribution in [2.45, 2.75) is 188 Å². The molecule has 12 rings (SSSR count). The Kier molecular flexibility index (Phi) is 27.1. The minimum absolute atomic E-state index is 0.0377. The van der Waals surface area contributed by atoms with Crippen molar-refractivity contribution in [1.29, 1.82) is 0 Å². The van der Waals surface area contributed by atoms with Gasteiger partial charge in [-0.05, 0) is 266 Å². The lowest BCUT2D eigenvalue weighted by Crippen LogP contribution is -2.34. The molecule has 6 aliphatic carbocycles.